The highest BCUT2D eigenvalue weighted by Crippen LogP contribution is 2.19. The van der Waals surface area contributed by atoms with Crippen molar-refractivity contribution >= 4 is 21.9 Å². The molecule has 0 radical (unpaired) electrons. The van der Waals surface area contributed by atoms with Crippen molar-refractivity contribution in [2.75, 3.05) is 13.2 Å². The molecule has 0 aromatic heterocycles. The molecule has 0 unspecified atom stereocenters. The fourth-order valence-corrected chi connectivity index (χ4v) is 1.52. The van der Waals surface area contributed by atoms with E-state index in [9.17, 15) is 4.79 Å². The number of rotatable bonds is 4. The maximum absolute atomic E-state index is 11.5. The smallest absolute Gasteiger partial charge is 0.315 e. The summed E-state index contributed by atoms with van der Waals surface area (Å²) < 4.78 is 5.81. The molecule has 3 nitrogen and oxygen atoms in total. The Kier molecular flexibility index (Phi) is 4.78. The second-order valence-corrected chi connectivity index (χ2v) is 3.95. The number of benzene rings is 1. The summed E-state index contributed by atoms with van der Waals surface area (Å²) >= 11 is 3.31. The third-order valence-corrected chi connectivity index (χ3v) is 2.55. The third-order valence-electron chi connectivity index (χ3n) is 2.03. The highest BCUT2D eigenvalue weighted by atomic mass is 79.9. The lowest BCUT2D eigenvalue weighted by atomic mass is 10.0. The molecule has 0 aliphatic heterocycles. The Morgan fingerprint density at radius 2 is 2.07 bits per heavy atom. The van der Waals surface area contributed by atoms with E-state index in [1.54, 1.807) is 19.1 Å². The minimum absolute atomic E-state index is 0.236. The van der Waals surface area contributed by atoms with Crippen LogP contribution in [-0.4, -0.2) is 24.3 Å². The summed E-state index contributed by atoms with van der Waals surface area (Å²) in [5, 5.41) is 9.13. The van der Waals surface area contributed by atoms with Gasteiger partial charge in [0.05, 0.1) is 13.2 Å². The van der Waals surface area contributed by atoms with Crippen molar-refractivity contribution in [3.63, 3.8) is 0 Å². The summed E-state index contributed by atoms with van der Waals surface area (Å²) in [6, 6.07) is 7.25. The standard InChI is InChI=1S/C11H13BrO3/c1-2-15-11(14)10(7-13)8-3-5-9(12)6-4-8/h3-6,10,13H,2,7H2,1H3/t10-/m0/s1. The van der Waals surface area contributed by atoms with Crippen LogP contribution in [0.15, 0.2) is 28.7 Å². The fraction of sp³-hybridized carbons (Fsp3) is 0.364. The van der Waals surface area contributed by atoms with Gasteiger partial charge >= 0.3 is 5.97 Å². The molecule has 82 valence electrons. The number of hydrogen-bond acceptors (Lipinski definition) is 3. The number of ether oxygens (including phenoxy) is 1. The molecule has 0 saturated carbocycles. The molecule has 0 amide bonds. The Morgan fingerprint density at radius 1 is 1.47 bits per heavy atom. The molecule has 0 saturated heterocycles. The average Bonchev–Trinajstić information content (AvgIpc) is 2.22. The van der Waals surface area contributed by atoms with Gasteiger partial charge in [-0.15, -0.1) is 0 Å². The summed E-state index contributed by atoms with van der Waals surface area (Å²) in [5.41, 5.74) is 0.763. The molecule has 0 spiro atoms. The molecule has 1 aromatic rings. The monoisotopic (exact) mass is 272 g/mol. The van der Waals surface area contributed by atoms with Crippen LogP contribution in [0.1, 0.15) is 18.4 Å². The molecule has 0 aliphatic rings. The van der Waals surface area contributed by atoms with Gasteiger partial charge in [-0.05, 0) is 24.6 Å². The Hall–Kier alpha value is -0.870. The number of halogens is 1. The topological polar surface area (TPSA) is 46.5 Å². The maximum Gasteiger partial charge on any atom is 0.315 e. The van der Waals surface area contributed by atoms with Gasteiger partial charge in [0.25, 0.3) is 0 Å². The number of carbonyl (C=O) groups excluding carboxylic acids is 1. The van der Waals surface area contributed by atoms with Gasteiger partial charge in [-0.3, -0.25) is 4.79 Å². The molecule has 1 atom stereocenters. The molecule has 0 bridgehead atoms. The average molecular weight is 273 g/mol. The summed E-state index contributed by atoms with van der Waals surface area (Å²) in [7, 11) is 0. The highest BCUT2D eigenvalue weighted by molar-refractivity contribution is 9.10. The molecule has 0 heterocycles. The van der Waals surface area contributed by atoms with Crippen molar-refractivity contribution < 1.29 is 14.6 Å². The van der Waals surface area contributed by atoms with Crippen molar-refractivity contribution in [1.82, 2.24) is 0 Å². The molecule has 1 N–H and O–H groups in total. The van der Waals surface area contributed by atoms with Gasteiger partial charge in [0.2, 0.25) is 0 Å². The second kappa shape index (κ2) is 5.88. The first kappa shape index (κ1) is 12.2. The lowest BCUT2D eigenvalue weighted by molar-refractivity contribution is -0.145. The van der Waals surface area contributed by atoms with Crippen LogP contribution in [0.25, 0.3) is 0 Å². The predicted molar refractivity (Wildman–Crippen MR) is 60.6 cm³/mol. The van der Waals surface area contributed by atoms with E-state index < -0.39 is 5.92 Å². The maximum atomic E-state index is 11.5. The van der Waals surface area contributed by atoms with E-state index in [1.165, 1.54) is 0 Å². The third kappa shape index (κ3) is 3.32. The number of esters is 1. The number of carbonyl (C=O) groups is 1. The van der Waals surface area contributed by atoms with Crippen LogP contribution in [0, 0.1) is 0 Å². The molecule has 1 rings (SSSR count). The Balaban J connectivity index is 2.82. The van der Waals surface area contributed by atoms with Crippen molar-refractivity contribution in [3.05, 3.63) is 34.3 Å². The number of hydrogen-bond donors (Lipinski definition) is 1. The first-order chi connectivity index (χ1) is 7.19. The second-order valence-electron chi connectivity index (χ2n) is 3.04. The van der Waals surface area contributed by atoms with Gasteiger partial charge in [-0.25, -0.2) is 0 Å². The van der Waals surface area contributed by atoms with Crippen molar-refractivity contribution in [2.45, 2.75) is 12.8 Å². The summed E-state index contributed by atoms with van der Waals surface area (Å²) in [4.78, 5) is 11.5. The largest absolute Gasteiger partial charge is 0.465 e. The zero-order valence-corrected chi connectivity index (χ0v) is 10.0. The molecular weight excluding hydrogens is 260 g/mol. The van der Waals surface area contributed by atoms with E-state index >= 15 is 0 Å². The minimum atomic E-state index is -0.585. The van der Waals surface area contributed by atoms with Gasteiger partial charge in [-0.1, -0.05) is 28.1 Å². The predicted octanol–water partition coefficient (Wildman–Crippen LogP) is 2.09. The summed E-state index contributed by atoms with van der Waals surface area (Å²) in [6.07, 6.45) is 0. The van der Waals surface area contributed by atoms with E-state index in [1.807, 2.05) is 12.1 Å². The van der Waals surface area contributed by atoms with Crippen LogP contribution in [0.5, 0.6) is 0 Å². The first-order valence-corrected chi connectivity index (χ1v) is 5.51. The van der Waals surface area contributed by atoms with E-state index in [0.29, 0.717) is 6.61 Å². The van der Waals surface area contributed by atoms with E-state index in [4.69, 9.17) is 9.84 Å². The van der Waals surface area contributed by atoms with Crippen LogP contribution in [0.4, 0.5) is 0 Å². The summed E-state index contributed by atoms with van der Waals surface area (Å²) in [6.45, 7) is 1.83. The van der Waals surface area contributed by atoms with E-state index in [2.05, 4.69) is 15.9 Å². The van der Waals surface area contributed by atoms with Gasteiger partial charge in [-0.2, -0.15) is 0 Å². The van der Waals surface area contributed by atoms with Gasteiger partial charge in [0.15, 0.2) is 0 Å². The van der Waals surface area contributed by atoms with Gasteiger partial charge in [0.1, 0.15) is 5.92 Å². The number of aliphatic hydroxyl groups is 1. The number of aliphatic hydroxyl groups excluding tert-OH is 1. The van der Waals surface area contributed by atoms with Crippen LogP contribution >= 0.6 is 15.9 Å². The Bertz CT molecular complexity index is 321. The van der Waals surface area contributed by atoms with Crippen LogP contribution in [-0.2, 0) is 9.53 Å². The molecule has 0 aliphatic carbocycles. The minimum Gasteiger partial charge on any atom is -0.465 e. The van der Waals surface area contributed by atoms with Crippen LogP contribution < -0.4 is 0 Å². The van der Waals surface area contributed by atoms with Gasteiger partial charge < -0.3 is 9.84 Å². The molecular formula is C11H13BrO3. The zero-order valence-electron chi connectivity index (χ0n) is 8.44. The highest BCUT2D eigenvalue weighted by Gasteiger charge is 2.20. The first-order valence-electron chi connectivity index (χ1n) is 4.72. The SMILES string of the molecule is CCOC(=O)[C@@H](CO)c1ccc(Br)cc1. The van der Waals surface area contributed by atoms with E-state index in [0.717, 1.165) is 10.0 Å². The Morgan fingerprint density at radius 3 is 2.53 bits per heavy atom. The fourth-order valence-electron chi connectivity index (χ4n) is 1.25. The molecule has 15 heavy (non-hydrogen) atoms. The van der Waals surface area contributed by atoms with Crippen molar-refractivity contribution in [2.24, 2.45) is 0 Å². The Labute approximate surface area is 97.2 Å². The lowest BCUT2D eigenvalue weighted by Crippen LogP contribution is -2.19. The van der Waals surface area contributed by atoms with Crippen LogP contribution in [0.2, 0.25) is 0 Å². The van der Waals surface area contributed by atoms with E-state index in [-0.39, 0.29) is 12.6 Å². The van der Waals surface area contributed by atoms with Crippen molar-refractivity contribution in [1.29, 1.82) is 0 Å². The lowest BCUT2D eigenvalue weighted by Gasteiger charge is -2.12. The molecule has 1 aromatic carbocycles. The van der Waals surface area contributed by atoms with Crippen molar-refractivity contribution in [3.8, 4) is 0 Å². The molecule has 0 fully saturated rings. The quantitative estimate of drug-likeness (QED) is 0.854. The van der Waals surface area contributed by atoms with Gasteiger partial charge in [0, 0.05) is 4.47 Å². The summed E-state index contributed by atoms with van der Waals surface area (Å²) in [5.74, 6) is -0.972. The zero-order chi connectivity index (χ0) is 11.3. The van der Waals surface area contributed by atoms with Crippen LogP contribution in [0.3, 0.4) is 0 Å². The molecule has 4 heteroatoms. The normalized spacial score (nSPS) is 12.2.